The van der Waals surface area contributed by atoms with Crippen LogP contribution in [0.4, 0.5) is 0 Å². The average molecular weight is 346 g/mol. The first-order chi connectivity index (χ1) is 11.5. The molecule has 2 rings (SSSR count). The van der Waals surface area contributed by atoms with Gasteiger partial charge in [0.1, 0.15) is 4.88 Å². The fourth-order valence-corrected chi connectivity index (χ4v) is 3.48. The first-order valence-electron chi connectivity index (χ1n) is 8.02. The molecule has 1 amide bonds. The fourth-order valence-electron chi connectivity index (χ4n) is 2.47. The van der Waals surface area contributed by atoms with E-state index in [2.05, 4.69) is 10.3 Å². The summed E-state index contributed by atoms with van der Waals surface area (Å²) in [5.74, 6) is -1.66. The second kappa shape index (κ2) is 8.59. The lowest BCUT2D eigenvalue weighted by Crippen LogP contribution is -2.32. The van der Waals surface area contributed by atoms with E-state index in [4.69, 9.17) is 5.11 Å². The zero-order valence-electron chi connectivity index (χ0n) is 13.9. The second-order valence-electron chi connectivity index (χ2n) is 5.72. The van der Waals surface area contributed by atoms with Gasteiger partial charge in [-0.3, -0.25) is 9.59 Å². The molecule has 1 unspecified atom stereocenters. The maximum absolute atomic E-state index is 12.3. The Morgan fingerprint density at radius 2 is 2.00 bits per heavy atom. The molecule has 1 heterocycles. The monoisotopic (exact) mass is 346 g/mol. The van der Waals surface area contributed by atoms with Gasteiger partial charge in [-0.15, -0.1) is 11.3 Å². The van der Waals surface area contributed by atoms with E-state index in [0.29, 0.717) is 23.4 Å². The van der Waals surface area contributed by atoms with Crippen molar-refractivity contribution < 1.29 is 14.7 Å². The highest BCUT2D eigenvalue weighted by atomic mass is 32.1. The van der Waals surface area contributed by atoms with E-state index >= 15 is 0 Å². The molecule has 0 spiro atoms. The van der Waals surface area contributed by atoms with Crippen molar-refractivity contribution in [1.82, 2.24) is 10.3 Å². The maximum Gasteiger partial charge on any atom is 0.308 e. The Morgan fingerprint density at radius 3 is 2.62 bits per heavy atom. The number of benzene rings is 1. The van der Waals surface area contributed by atoms with Gasteiger partial charge in [0.05, 0.1) is 16.6 Å². The highest BCUT2D eigenvalue weighted by Gasteiger charge is 2.20. The molecule has 6 heteroatoms. The van der Waals surface area contributed by atoms with E-state index in [1.54, 1.807) is 6.92 Å². The number of aliphatic carboxylic acids is 1. The Morgan fingerprint density at radius 1 is 1.29 bits per heavy atom. The SMILES string of the molecule is CCCC(CNC(=O)c1sc(Cc2ccccc2)nc1C)C(=O)O. The number of nitrogens with zero attached hydrogens (tertiary/aromatic N) is 1. The molecule has 0 fully saturated rings. The summed E-state index contributed by atoms with van der Waals surface area (Å²) >= 11 is 1.37. The Labute approximate surface area is 145 Å². The minimum absolute atomic E-state index is 0.146. The van der Waals surface area contributed by atoms with Gasteiger partial charge >= 0.3 is 5.97 Å². The molecule has 5 nitrogen and oxygen atoms in total. The molecule has 1 aromatic heterocycles. The minimum Gasteiger partial charge on any atom is -0.481 e. The number of aryl methyl sites for hydroxylation is 1. The minimum atomic E-state index is -0.872. The molecule has 1 atom stereocenters. The molecular weight excluding hydrogens is 324 g/mol. The lowest BCUT2D eigenvalue weighted by Gasteiger charge is -2.11. The molecule has 0 bridgehead atoms. The van der Waals surface area contributed by atoms with Gasteiger partial charge < -0.3 is 10.4 Å². The number of hydrogen-bond donors (Lipinski definition) is 2. The fraction of sp³-hybridized carbons (Fsp3) is 0.389. The number of amides is 1. The number of rotatable bonds is 8. The van der Waals surface area contributed by atoms with Gasteiger partial charge in [0.2, 0.25) is 0 Å². The molecule has 24 heavy (non-hydrogen) atoms. The molecule has 0 aliphatic heterocycles. The number of carboxylic acid groups (broad SMARTS) is 1. The smallest absolute Gasteiger partial charge is 0.308 e. The molecule has 0 aliphatic rings. The summed E-state index contributed by atoms with van der Waals surface area (Å²) in [7, 11) is 0. The summed E-state index contributed by atoms with van der Waals surface area (Å²) in [6, 6.07) is 9.97. The highest BCUT2D eigenvalue weighted by Crippen LogP contribution is 2.21. The van der Waals surface area contributed by atoms with Gasteiger partial charge in [-0.05, 0) is 18.9 Å². The largest absolute Gasteiger partial charge is 0.481 e. The van der Waals surface area contributed by atoms with Crippen LogP contribution in [-0.2, 0) is 11.2 Å². The van der Waals surface area contributed by atoms with Crippen LogP contribution in [0.3, 0.4) is 0 Å². The van der Waals surface area contributed by atoms with E-state index in [9.17, 15) is 9.59 Å². The topological polar surface area (TPSA) is 79.3 Å². The van der Waals surface area contributed by atoms with Crippen LogP contribution in [-0.4, -0.2) is 28.5 Å². The molecule has 0 aliphatic carbocycles. The first kappa shape index (κ1) is 18.1. The van der Waals surface area contributed by atoms with Crippen molar-refractivity contribution in [1.29, 1.82) is 0 Å². The van der Waals surface area contributed by atoms with Crippen LogP contribution in [0, 0.1) is 12.8 Å². The molecule has 0 saturated heterocycles. The summed E-state index contributed by atoms with van der Waals surface area (Å²) in [6.07, 6.45) is 2.01. The van der Waals surface area contributed by atoms with Crippen molar-refractivity contribution in [3.8, 4) is 0 Å². The predicted molar refractivity (Wildman–Crippen MR) is 94.5 cm³/mol. The number of carbonyl (C=O) groups is 2. The molecule has 1 aromatic carbocycles. The number of carboxylic acids is 1. The number of carbonyl (C=O) groups excluding carboxylic acids is 1. The Hall–Kier alpha value is -2.21. The summed E-state index contributed by atoms with van der Waals surface area (Å²) in [5.41, 5.74) is 1.83. The van der Waals surface area contributed by atoms with E-state index in [1.165, 1.54) is 11.3 Å². The van der Waals surface area contributed by atoms with Crippen molar-refractivity contribution in [2.75, 3.05) is 6.54 Å². The van der Waals surface area contributed by atoms with Gasteiger partial charge in [0.25, 0.3) is 5.91 Å². The number of aromatic nitrogens is 1. The summed E-state index contributed by atoms with van der Waals surface area (Å²) in [4.78, 5) is 28.5. The van der Waals surface area contributed by atoms with Gasteiger partial charge in [-0.25, -0.2) is 4.98 Å². The van der Waals surface area contributed by atoms with Crippen LogP contribution in [0.15, 0.2) is 30.3 Å². The van der Waals surface area contributed by atoms with Crippen LogP contribution in [0.1, 0.15) is 45.7 Å². The van der Waals surface area contributed by atoms with Crippen LogP contribution < -0.4 is 5.32 Å². The van der Waals surface area contributed by atoms with Crippen molar-refractivity contribution in [3.05, 3.63) is 51.5 Å². The molecule has 2 N–H and O–H groups in total. The summed E-state index contributed by atoms with van der Waals surface area (Å²) in [5, 5.41) is 12.8. The molecule has 0 radical (unpaired) electrons. The van der Waals surface area contributed by atoms with Gasteiger partial charge in [-0.1, -0.05) is 43.7 Å². The second-order valence-corrected chi connectivity index (χ2v) is 6.80. The van der Waals surface area contributed by atoms with E-state index in [-0.39, 0.29) is 12.5 Å². The molecule has 128 valence electrons. The van der Waals surface area contributed by atoms with E-state index in [1.807, 2.05) is 37.3 Å². The molecule has 2 aromatic rings. The van der Waals surface area contributed by atoms with Crippen LogP contribution in [0.2, 0.25) is 0 Å². The highest BCUT2D eigenvalue weighted by molar-refractivity contribution is 7.13. The van der Waals surface area contributed by atoms with Crippen LogP contribution >= 0.6 is 11.3 Å². The lowest BCUT2D eigenvalue weighted by molar-refractivity contribution is -0.141. The number of nitrogens with one attached hydrogen (secondary N) is 1. The Balaban J connectivity index is 2.01. The standard InChI is InChI=1S/C18H22N2O3S/c1-3-7-14(18(22)23)11-19-17(21)16-12(2)20-15(24-16)10-13-8-5-4-6-9-13/h4-6,8-9,14H,3,7,10-11H2,1-2H3,(H,19,21)(H,22,23). The predicted octanol–water partition coefficient (Wildman–Crippen LogP) is 3.27. The van der Waals surface area contributed by atoms with E-state index in [0.717, 1.165) is 17.0 Å². The van der Waals surface area contributed by atoms with Gasteiger partial charge in [-0.2, -0.15) is 0 Å². The quantitative estimate of drug-likeness (QED) is 0.769. The zero-order chi connectivity index (χ0) is 17.5. The third-order valence-corrected chi connectivity index (χ3v) is 4.90. The van der Waals surface area contributed by atoms with Crippen LogP contribution in [0.25, 0.3) is 0 Å². The van der Waals surface area contributed by atoms with Crippen molar-refractivity contribution in [3.63, 3.8) is 0 Å². The van der Waals surface area contributed by atoms with Crippen molar-refractivity contribution >= 4 is 23.2 Å². The van der Waals surface area contributed by atoms with Crippen molar-refractivity contribution in [2.45, 2.75) is 33.1 Å². The van der Waals surface area contributed by atoms with Gasteiger partial charge in [0.15, 0.2) is 0 Å². The molecule has 0 saturated carbocycles. The Kier molecular flexibility index (Phi) is 6.49. The van der Waals surface area contributed by atoms with E-state index < -0.39 is 11.9 Å². The average Bonchev–Trinajstić information content (AvgIpc) is 2.92. The van der Waals surface area contributed by atoms with Gasteiger partial charge in [0, 0.05) is 13.0 Å². The lowest BCUT2D eigenvalue weighted by atomic mass is 10.0. The third kappa shape index (κ3) is 4.89. The normalized spacial score (nSPS) is 11.9. The maximum atomic E-state index is 12.3. The van der Waals surface area contributed by atoms with Crippen LogP contribution in [0.5, 0.6) is 0 Å². The first-order valence-corrected chi connectivity index (χ1v) is 8.84. The number of thiazole rings is 1. The zero-order valence-corrected chi connectivity index (χ0v) is 14.7. The van der Waals surface area contributed by atoms with Crippen molar-refractivity contribution in [2.24, 2.45) is 5.92 Å². The summed E-state index contributed by atoms with van der Waals surface area (Å²) in [6.45, 7) is 3.88. The number of hydrogen-bond acceptors (Lipinski definition) is 4. The Bertz CT molecular complexity index is 698. The summed E-state index contributed by atoms with van der Waals surface area (Å²) < 4.78 is 0. The molecular formula is C18H22N2O3S. The third-order valence-electron chi connectivity index (χ3n) is 3.74.